The average Bonchev–Trinajstić information content (AvgIpc) is 2.86. The summed E-state index contributed by atoms with van der Waals surface area (Å²) in [6.07, 6.45) is 4.50. The van der Waals surface area contributed by atoms with Gasteiger partial charge < -0.3 is 19.9 Å². The van der Waals surface area contributed by atoms with E-state index in [1.807, 2.05) is 45.0 Å². The topological polar surface area (TPSA) is 98.1 Å². The number of ether oxygens (including phenoxy) is 1. The zero-order valence-electron chi connectivity index (χ0n) is 20.6. The van der Waals surface area contributed by atoms with Gasteiger partial charge in [-0.25, -0.2) is 4.98 Å². The van der Waals surface area contributed by atoms with Gasteiger partial charge in [0.05, 0.1) is 13.2 Å². The van der Waals surface area contributed by atoms with Crippen molar-refractivity contribution in [2.24, 2.45) is 0 Å². The second-order valence-corrected chi connectivity index (χ2v) is 8.19. The summed E-state index contributed by atoms with van der Waals surface area (Å²) in [4.78, 5) is 34.0. The molecule has 2 aromatic heterocycles. The van der Waals surface area contributed by atoms with Crippen LogP contribution < -0.4 is 20.9 Å². The van der Waals surface area contributed by atoms with Gasteiger partial charge in [-0.15, -0.1) is 11.8 Å². The molecule has 1 atom stereocenters. The highest BCUT2D eigenvalue weighted by molar-refractivity contribution is 5.94. The van der Waals surface area contributed by atoms with Crippen LogP contribution in [0.15, 0.2) is 53.6 Å². The number of rotatable bonds is 9. The maximum Gasteiger partial charge on any atom is 0.263 e. The van der Waals surface area contributed by atoms with Crippen LogP contribution in [0.3, 0.4) is 0 Å². The van der Waals surface area contributed by atoms with Crippen LogP contribution in [-0.2, 0) is 0 Å². The van der Waals surface area contributed by atoms with Crippen LogP contribution in [0, 0.1) is 25.7 Å². The number of anilines is 1. The predicted octanol–water partition coefficient (Wildman–Crippen LogP) is 3.50. The lowest BCUT2D eigenvalue weighted by Gasteiger charge is -2.18. The molecule has 0 aliphatic carbocycles. The van der Waals surface area contributed by atoms with Crippen molar-refractivity contribution in [3.05, 3.63) is 81.4 Å². The molecule has 0 saturated heterocycles. The van der Waals surface area contributed by atoms with E-state index in [2.05, 4.69) is 32.4 Å². The standard InChI is InChI=1S/C27H31N5O3/c1-19-9-11-22(12-10-19)21(3)32-18-20(2)17-23(26(32)34)25(33)28-14-7-5-6-8-15-29-27-30-16-13-24(31-27)35-4/h9-13,16-18,21H,7-8,14-15H2,1-4H3,(H,28,33)(H,29,30,31). The third-order valence-corrected chi connectivity index (χ3v) is 5.43. The van der Waals surface area contributed by atoms with Gasteiger partial charge in [0.25, 0.3) is 11.5 Å². The summed E-state index contributed by atoms with van der Waals surface area (Å²) < 4.78 is 6.68. The van der Waals surface area contributed by atoms with Crippen molar-refractivity contribution in [2.45, 2.75) is 39.7 Å². The smallest absolute Gasteiger partial charge is 0.263 e. The summed E-state index contributed by atoms with van der Waals surface area (Å²) in [5.41, 5.74) is 2.85. The molecule has 2 heterocycles. The van der Waals surface area contributed by atoms with E-state index in [1.165, 1.54) is 0 Å². The van der Waals surface area contributed by atoms with E-state index in [9.17, 15) is 9.59 Å². The first-order valence-corrected chi connectivity index (χ1v) is 11.5. The van der Waals surface area contributed by atoms with Gasteiger partial charge in [0, 0.05) is 44.4 Å². The number of aryl methyl sites for hydroxylation is 2. The molecule has 1 aromatic carbocycles. The first-order valence-electron chi connectivity index (χ1n) is 11.5. The number of carbonyl (C=O) groups is 1. The number of benzene rings is 1. The number of hydrogen-bond acceptors (Lipinski definition) is 6. The number of carbonyl (C=O) groups excluding carboxylic acids is 1. The van der Waals surface area contributed by atoms with E-state index in [0.29, 0.717) is 37.8 Å². The molecular formula is C27H31N5O3. The highest BCUT2D eigenvalue weighted by Gasteiger charge is 2.17. The van der Waals surface area contributed by atoms with Crippen LogP contribution in [0.2, 0.25) is 0 Å². The molecule has 1 unspecified atom stereocenters. The quantitative estimate of drug-likeness (QED) is 0.365. The van der Waals surface area contributed by atoms with Crippen LogP contribution in [0.5, 0.6) is 5.88 Å². The summed E-state index contributed by atoms with van der Waals surface area (Å²) in [6, 6.07) is 11.2. The Morgan fingerprint density at radius 3 is 2.51 bits per heavy atom. The molecule has 182 valence electrons. The van der Waals surface area contributed by atoms with Gasteiger partial charge in [-0.3, -0.25) is 9.59 Å². The van der Waals surface area contributed by atoms with Crippen molar-refractivity contribution in [1.82, 2.24) is 19.9 Å². The minimum absolute atomic E-state index is 0.138. The SMILES string of the molecule is COc1ccnc(NCCC#CCCNC(=O)c2cc(C)cn(C(C)c3ccc(C)cc3)c2=O)n1. The maximum atomic E-state index is 13.1. The zero-order chi connectivity index (χ0) is 25.2. The molecule has 2 N–H and O–H groups in total. The van der Waals surface area contributed by atoms with E-state index in [4.69, 9.17) is 4.74 Å². The van der Waals surface area contributed by atoms with E-state index in [-0.39, 0.29) is 23.1 Å². The summed E-state index contributed by atoms with van der Waals surface area (Å²) >= 11 is 0. The van der Waals surface area contributed by atoms with Crippen LogP contribution in [0.4, 0.5) is 5.95 Å². The number of hydrogen-bond donors (Lipinski definition) is 2. The molecule has 0 aliphatic rings. The fraction of sp³-hybridized carbons (Fsp3) is 0.333. The molecule has 35 heavy (non-hydrogen) atoms. The lowest BCUT2D eigenvalue weighted by atomic mass is 10.1. The van der Waals surface area contributed by atoms with Crippen LogP contribution in [0.25, 0.3) is 0 Å². The number of nitrogens with one attached hydrogen (secondary N) is 2. The molecular weight excluding hydrogens is 442 g/mol. The Kier molecular flexibility index (Phi) is 9.02. The van der Waals surface area contributed by atoms with Gasteiger partial charge in [0.1, 0.15) is 5.56 Å². The van der Waals surface area contributed by atoms with Crippen molar-refractivity contribution >= 4 is 11.9 Å². The van der Waals surface area contributed by atoms with Crippen LogP contribution in [-0.4, -0.2) is 40.6 Å². The molecule has 8 heteroatoms. The monoisotopic (exact) mass is 473 g/mol. The van der Waals surface area contributed by atoms with E-state index >= 15 is 0 Å². The molecule has 0 bridgehead atoms. The van der Waals surface area contributed by atoms with Gasteiger partial charge in [-0.2, -0.15) is 4.98 Å². The molecule has 3 aromatic rings. The predicted molar refractivity (Wildman–Crippen MR) is 137 cm³/mol. The first-order chi connectivity index (χ1) is 16.9. The molecule has 0 aliphatic heterocycles. The normalized spacial score (nSPS) is 11.2. The highest BCUT2D eigenvalue weighted by atomic mass is 16.5. The lowest BCUT2D eigenvalue weighted by Crippen LogP contribution is -2.34. The highest BCUT2D eigenvalue weighted by Crippen LogP contribution is 2.17. The third kappa shape index (κ3) is 7.18. The summed E-state index contributed by atoms with van der Waals surface area (Å²) in [5, 5.41) is 5.88. The zero-order valence-corrected chi connectivity index (χ0v) is 20.6. The van der Waals surface area contributed by atoms with E-state index in [1.54, 1.807) is 36.2 Å². The summed E-state index contributed by atoms with van der Waals surface area (Å²) in [6.45, 7) is 6.81. The Labute approximate surface area is 205 Å². The van der Waals surface area contributed by atoms with Crippen LogP contribution >= 0.6 is 0 Å². The van der Waals surface area contributed by atoms with Gasteiger partial charge in [0.2, 0.25) is 11.8 Å². The Morgan fingerprint density at radius 2 is 1.80 bits per heavy atom. The van der Waals surface area contributed by atoms with Crippen molar-refractivity contribution < 1.29 is 9.53 Å². The average molecular weight is 474 g/mol. The number of aromatic nitrogens is 3. The maximum absolute atomic E-state index is 13.1. The van der Waals surface area contributed by atoms with Gasteiger partial charge in [-0.1, -0.05) is 29.8 Å². The van der Waals surface area contributed by atoms with Crippen molar-refractivity contribution in [3.8, 4) is 17.7 Å². The van der Waals surface area contributed by atoms with Crippen molar-refractivity contribution in [3.63, 3.8) is 0 Å². The fourth-order valence-electron chi connectivity index (χ4n) is 3.49. The second kappa shape index (κ2) is 12.4. The molecule has 0 radical (unpaired) electrons. The molecule has 0 saturated carbocycles. The summed E-state index contributed by atoms with van der Waals surface area (Å²) in [7, 11) is 1.55. The first kappa shape index (κ1) is 25.5. The fourth-order valence-corrected chi connectivity index (χ4v) is 3.49. The Balaban J connectivity index is 1.51. The third-order valence-electron chi connectivity index (χ3n) is 5.43. The lowest BCUT2D eigenvalue weighted by molar-refractivity contribution is 0.0952. The van der Waals surface area contributed by atoms with E-state index in [0.717, 1.165) is 16.7 Å². The van der Waals surface area contributed by atoms with Gasteiger partial charge in [0.15, 0.2) is 0 Å². The van der Waals surface area contributed by atoms with E-state index < -0.39 is 0 Å². The minimum atomic E-state index is -0.387. The Bertz CT molecular complexity index is 1270. The molecule has 0 spiro atoms. The number of methoxy groups -OCH3 is 1. The summed E-state index contributed by atoms with van der Waals surface area (Å²) in [5.74, 6) is 6.67. The van der Waals surface area contributed by atoms with Crippen LogP contribution in [0.1, 0.15) is 52.9 Å². The van der Waals surface area contributed by atoms with Crippen molar-refractivity contribution in [1.29, 1.82) is 0 Å². The molecule has 3 rings (SSSR count). The molecule has 1 amide bonds. The number of nitrogens with zero attached hydrogens (tertiary/aromatic N) is 3. The Morgan fingerprint density at radius 1 is 1.09 bits per heavy atom. The molecule has 0 fully saturated rings. The van der Waals surface area contributed by atoms with Gasteiger partial charge in [-0.05, 0) is 38.0 Å². The van der Waals surface area contributed by atoms with Crippen molar-refractivity contribution in [2.75, 3.05) is 25.5 Å². The number of pyridine rings is 1. The van der Waals surface area contributed by atoms with Gasteiger partial charge >= 0.3 is 0 Å². The second-order valence-electron chi connectivity index (χ2n) is 8.19. The Hall–Kier alpha value is -4.12. The minimum Gasteiger partial charge on any atom is -0.481 e. The molecule has 8 nitrogen and oxygen atoms in total. The largest absolute Gasteiger partial charge is 0.481 e. The number of amides is 1.